The highest BCUT2D eigenvalue weighted by atomic mass is 16.5. The lowest BCUT2D eigenvalue weighted by molar-refractivity contribution is 0.0277. The maximum atomic E-state index is 14.4. The monoisotopic (exact) mass is 570 g/mol. The van der Waals surface area contributed by atoms with Crippen molar-refractivity contribution >= 4 is 11.7 Å². The normalized spacial score (nSPS) is 28.7. The van der Waals surface area contributed by atoms with Gasteiger partial charge in [0.2, 0.25) is 5.89 Å². The number of carbonyl (C=O) groups is 1. The van der Waals surface area contributed by atoms with E-state index in [1.165, 1.54) is 12.8 Å². The van der Waals surface area contributed by atoms with E-state index in [-0.39, 0.29) is 22.3 Å². The maximum absolute atomic E-state index is 14.4. The van der Waals surface area contributed by atoms with Gasteiger partial charge in [0.25, 0.3) is 5.89 Å². The molecule has 9 nitrogen and oxygen atoms in total. The summed E-state index contributed by atoms with van der Waals surface area (Å²) in [5.74, 6) is 4.05. The van der Waals surface area contributed by atoms with E-state index in [0.717, 1.165) is 113 Å². The Bertz CT molecular complexity index is 1460. The second kappa shape index (κ2) is 9.64. The van der Waals surface area contributed by atoms with Gasteiger partial charge in [-0.1, -0.05) is 30.2 Å². The van der Waals surface area contributed by atoms with Gasteiger partial charge in [-0.2, -0.15) is 9.97 Å². The highest BCUT2D eigenvalue weighted by Crippen LogP contribution is 2.58. The third-order valence-corrected chi connectivity index (χ3v) is 10.9. The molecule has 1 aromatic carbocycles. The number of hydrogen-bond acceptors (Lipinski definition) is 7. The van der Waals surface area contributed by atoms with Crippen LogP contribution in [-0.4, -0.2) is 50.8 Å². The van der Waals surface area contributed by atoms with E-state index in [9.17, 15) is 4.79 Å². The third-order valence-electron chi connectivity index (χ3n) is 10.9. The number of fused-ring (bicyclic) bond motifs is 3. The fraction of sp³-hybridized carbons (Fsp3) is 0.667. The van der Waals surface area contributed by atoms with Gasteiger partial charge in [0.15, 0.2) is 11.6 Å². The van der Waals surface area contributed by atoms with Gasteiger partial charge < -0.3 is 13.9 Å². The molecule has 42 heavy (non-hydrogen) atoms. The highest BCUT2D eigenvalue weighted by molar-refractivity contribution is 5.93. The Labute approximate surface area is 247 Å². The van der Waals surface area contributed by atoms with Crippen LogP contribution in [0.1, 0.15) is 120 Å². The first-order valence-electron chi connectivity index (χ1n) is 16.2. The summed E-state index contributed by atoms with van der Waals surface area (Å²) in [6, 6.07) is 8.28. The van der Waals surface area contributed by atoms with Gasteiger partial charge in [-0.05, 0) is 106 Å². The lowest BCUT2D eigenvalue weighted by Crippen LogP contribution is -2.55. The Balaban J connectivity index is 1.07. The number of urea groups is 1. The van der Waals surface area contributed by atoms with E-state index < -0.39 is 0 Å². The molecule has 3 heterocycles. The first-order valence-corrected chi connectivity index (χ1v) is 16.2. The van der Waals surface area contributed by atoms with Crippen LogP contribution >= 0.6 is 0 Å². The van der Waals surface area contributed by atoms with E-state index in [1.54, 1.807) is 0 Å². The minimum Gasteiger partial charge on any atom is -0.339 e. The number of nitrogens with zero attached hydrogens (tertiary/aromatic N) is 6. The Morgan fingerprint density at radius 1 is 0.929 bits per heavy atom. The molecular weight excluding hydrogens is 528 g/mol. The Morgan fingerprint density at radius 2 is 1.62 bits per heavy atom. The zero-order chi connectivity index (χ0) is 28.5. The summed E-state index contributed by atoms with van der Waals surface area (Å²) in [5.41, 5.74) is 2.00. The summed E-state index contributed by atoms with van der Waals surface area (Å²) in [4.78, 5) is 28.1. The average molecular weight is 571 g/mol. The SMILES string of the molecule is CC1(C)CCCN(C(=O)N(CC23CCC(c4nc(C5CC5)no4)(CC2)CC3)c2cccc(-c3nc(C4CC4)no3)c2)C1. The fourth-order valence-corrected chi connectivity index (χ4v) is 7.81. The van der Waals surface area contributed by atoms with Crippen LogP contribution in [0.4, 0.5) is 10.5 Å². The molecule has 0 radical (unpaired) electrons. The van der Waals surface area contributed by atoms with E-state index in [0.29, 0.717) is 17.7 Å². The number of rotatable bonds is 7. The minimum atomic E-state index is 0.00472. The van der Waals surface area contributed by atoms with Crippen molar-refractivity contribution in [2.45, 2.75) is 108 Å². The molecule has 0 unspecified atom stereocenters. The lowest BCUT2D eigenvalue weighted by Gasteiger charge is -2.53. The van der Waals surface area contributed by atoms with Crippen molar-refractivity contribution in [2.24, 2.45) is 10.8 Å². The smallest absolute Gasteiger partial charge is 0.324 e. The molecular formula is C33H42N6O3. The van der Waals surface area contributed by atoms with Crippen molar-refractivity contribution in [3.05, 3.63) is 41.8 Å². The van der Waals surface area contributed by atoms with Crippen LogP contribution in [0, 0.1) is 10.8 Å². The molecule has 5 aliphatic carbocycles. The van der Waals surface area contributed by atoms with Crippen molar-refractivity contribution < 1.29 is 13.8 Å². The summed E-state index contributed by atoms with van der Waals surface area (Å²) in [7, 11) is 0. The highest BCUT2D eigenvalue weighted by Gasteiger charge is 2.53. The molecule has 0 spiro atoms. The Kier molecular flexibility index (Phi) is 6.06. The third kappa shape index (κ3) is 4.82. The molecule has 6 aliphatic rings. The number of likely N-dealkylation sites (tertiary alicyclic amines) is 1. The summed E-state index contributed by atoms with van der Waals surface area (Å²) in [6.45, 7) is 6.86. The molecule has 0 atom stereocenters. The van der Waals surface area contributed by atoms with Gasteiger partial charge in [-0.3, -0.25) is 4.90 Å². The summed E-state index contributed by atoms with van der Waals surface area (Å²) >= 11 is 0. The van der Waals surface area contributed by atoms with Crippen LogP contribution in [0.5, 0.6) is 0 Å². The molecule has 2 amide bonds. The van der Waals surface area contributed by atoms with Crippen molar-refractivity contribution in [1.29, 1.82) is 0 Å². The molecule has 9 rings (SSSR count). The van der Waals surface area contributed by atoms with Crippen LogP contribution in [0.25, 0.3) is 11.5 Å². The molecule has 1 saturated heterocycles. The van der Waals surface area contributed by atoms with Gasteiger partial charge >= 0.3 is 6.03 Å². The van der Waals surface area contributed by atoms with Crippen LogP contribution in [0.2, 0.25) is 0 Å². The van der Waals surface area contributed by atoms with Gasteiger partial charge in [-0.15, -0.1) is 0 Å². The first kappa shape index (κ1) is 26.4. The lowest BCUT2D eigenvalue weighted by atomic mass is 9.53. The number of hydrogen-bond donors (Lipinski definition) is 0. The van der Waals surface area contributed by atoms with Gasteiger partial charge in [-0.25, -0.2) is 4.79 Å². The molecule has 2 aromatic heterocycles. The number of benzene rings is 1. The molecule has 3 aromatic rings. The van der Waals surface area contributed by atoms with Crippen LogP contribution in [0.3, 0.4) is 0 Å². The van der Waals surface area contributed by atoms with E-state index in [1.807, 2.05) is 12.1 Å². The standard InChI is InChI=1S/C33H42N6O3/c1-31(2)11-4-18-38(20-31)30(40)39(25-6-3-5-24(19-25)28-34-26(36-41-28)22-7-8-22)21-32-12-15-33(16-13-32,17-14-32)29-35-27(37-42-29)23-9-10-23/h3,5-6,19,22-23H,4,7-18,20-21H2,1-2H3. The van der Waals surface area contributed by atoms with Crippen LogP contribution in [0.15, 0.2) is 33.3 Å². The quantitative estimate of drug-likeness (QED) is 0.296. The molecule has 6 fully saturated rings. The first-order chi connectivity index (χ1) is 20.3. The van der Waals surface area contributed by atoms with E-state index in [2.05, 4.69) is 51.1 Å². The Hall–Kier alpha value is -3.23. The van der Waals surface area contributed by atoms with Gasteiger partial charge in [0, 0.05) is 48.1 Å². The Morgan fingerprint density at radius 3 is 2.31 bits per heavy atom. The zero-order valence-corrected chi connectivity index (χ0v) is 25.0. The number of aromatic nitrogens is 4. The fourth-order valence-electron chi connectivity index (χ4n) is 7.81. The largest absolute Gasteiger partial charge is 0.339 e. The van der Waals surface area contributed by atoms with Crippen molar-refractivity contribution in [2.75, 3.05) is 24.5 Å². The van der Waals surface area contributed by atoms with E-state index in [4.69, 9.17) is 14.0 Å². The molecule has 222 valence electrons. The predicted octanol–water partition coefficient (Wildman–Crippen LogP) is 7.22. The second-order valence-electron chi connectivity index (χ2n) is 14.9. The van der Waals surface area contributed by atoms with Gasteiger partial charge in [0.1, 0.15) is 0 Å². The molecule has 0 N–H and O–H groups in total. The zero-order valence-electron chi connectivity index (χ0n) is 25.0. The summed E-state index contributed by atoms with van der Waals surface area (Å²) in [6.07, 6.45) is 13.2. The minimum absolute atomic E-state index is 0.00472. The van der Waals surface area contributed by atoms with Gasteiger partial charge in [0.05, 0.1) is 0 Å². The summed E-state index contributed by atoms with van der Waals surface area (Å²) < 4.78 is 11.5. The average Bonchev–Trinajstić information content (AvgIpc) is 3.94. The van der Waals surface area contributed by atoms with Crippen molar-refractivity contribution in [3.8, 4) is 11.5 Å². The number of carbonyl (C=O) groups excluding carboxylic acids is 1. The molecule has 5 saturated carbocycles. The van der Waals surface area contributed by atoms with Crippen LogP contribution < -0.4 is 4.90 Å². The molecule has 1 aliphatic heterocycles. The molecule has 2 bridgehead atoms. The number of piperidine rings is 1. The topological polar surface area (TPSA) is 101 Å². The number of anilines is 1. The van der Waals surface area contributed by atoms with Crippen LogP contribution in [-0.2, 0) is 5.41 Å². The van der Waals surface area contributed by atoms with Crippen molar-refractivity contribution in [1.82, 2.24) is 25.2 Å². The number of amides is 2. The predicted molar refractivity (Wildman–Crippen MR) is 157 cm³/mol. The maximum Gasteiger partial charge on any atom is 0.324 e. The van der Waals surface area contributed by atoms with Crippen molar-refractivity contribution in [3.63, 3.8) is 0 Å². The summed E-state index contributed by atoms with van der Waals surface area (Å²) in [5, 5.41) is 8.57. The second-order valence-corrected chi connectivity index (χ2v) is 14.9. The van der Waals surface area contributed by atoms with E-state index >= 15 is 0 Å². The molecule has 9 heteroatoms.